The summed E-state index contributed by atoms with van der Waals surface area (Å²) in [5, 5.41) is 6.39. The van der Waals surface area contributed by atoms with Crippen LogP contribution < -0.4 is 10.6 Å². The highest BCUT2D eigenvalue weighted by molar-refractivity contribution is 5.83. The van der Waals surface area contributed by atoms with Crippen molar-refractivity contribution in [2.45, 2.75) is 64.6 Å². The minimum Gasteiger partial charge on any atom is -0.466 e. The third-order valence-corrected chi connectivity index (χ3v) is 6.15. The van der Waals surface area contributed by atoms with E-state index in [0.717, 1.165) is 36.1 Å². The molecule has 7 heteroatoms. The van der Waals surface area contributed by atoms with Gasteiger partial charge in [0.15, 0.2) is 0 Å². The molecule has 2 aromatic carbocycles. The molecule has 1 saturated heterocycles. The van der Waals surface area contributed by atoms with Crippen LogP contribution in [0.1, 0.15) is 49.8 Å². The number of ether oxygens (including phenoxy) is 1. The first-order valence-corrected chi connectivity index (χ1v) is 12.5. The Morgan fingerprint density at radius 3 is 2.60 bits per heavy atom. The summed E-state index contributed by atoms with van der Waals surface area (Å²) < 4.78 is 5.00. The van der Waals surface area contributed by atoms with E-state index < -0.39 is 0 Å². The lowest BCUT2D eigenvalue weighted by Gasteiger charge is -2.35. The van der Waals surface area contributed by atoms with Gasteiger partial charge in [0.05, 0.1) is 12.6 Å². The van der Waals surface area contributed by atoms with Crippen molar-refractivity contribution in [3.63, 3.8) is 0 Å². The molecule has 1 fully saturated rings. The van der Waals surface area contributed by atoms with Crippen molar-refractivity contribution in [1.29, 1.82) is 0 Å². The Morgan fingerprint density at radius 2 is 1.86 bits per heavy atom. The van der Waals surface area contributed by atoms with E-state index in [1.807, 2.05) is 54.3 Å². The zero-order valence-corrected chi connectivity index (χ0v) is 20.8. The van der Waals surface area contributed by atoms with Gasteiger partial charge in [0.2, 0.25) is 11.8 Å². The van der Waals surface area contributed by atoms with Crippen LogP contribution in [-0.4, -0.2) is 54.5 Å². The highest BCUT2D eigenvalue weighted by Crippen LogP contribution is 2.16. The second-order valence-electron chi connectivity index (χ2n) is 9.07. The van der Waals surface area contributed by atoms with Gasteiger partial charge in [0.1, 0.15) is 0 Å². The molecule has 0 aliphatic carbocycles. The Balaban J connectivity index is 1.60. The lowest BCUT2D eigenvalue weighted by Crippen LogP contribution is -2.56. The van der Waals surface area contributed by atoms with E-state index in [1.165, 1.54) is 6.92 Å². The Hall–Kier alpha value is -3.19. The number of amides is 2. The van der Waals surface area contributed by atoms with Crippen LogP contribution in [-0.2, 0) is 38.5 Å². The molecule has 0 radical (unpaired) electrons. The molecule has 3 rings (SSSR count). The van der Waals surface area contributed by atoms with Gasteiger partial charge >= 0.3 is 5.97 Å². The monoisotopic (exact) mass is 479 g/mol. The van der Waals surface area contributed by atoms with Gasteiger partial charge in [0.25, 0.3) is 0 Å². The maximum Gasteiger partial charge on any atom is 0.305 e. The third-order valence-electron chi connectivity index (χ3n) is 6.15. The first kappa shape index (κ1) is 26.4. The van der Waals surface area contributed by atoms with Crippen LogP contribution in [0.25, 0.3) is 0 Å². The second-order valence-corrected chi connectivity index (χ2v) is 9.07. The second kappa shape index (κ2) is 13.6. The fourth-order valence-corrected chi connectivity index (χ4v) is 4.57. The Bertz CT molecular complexity index is 979. The molecule has 2 aromatic rings. The number of nitrogens with one attached hydrogen (secondary N) is 2. The molecule has 188 valence electrons. The number of carbonyl (C=O) groups excluding carboxylic acids is 3. The number of rotatable bonds is 12. The van der Waals surface area contributed by atoms with Crippen molar-refractivity contribution in [1.82, 2.24) is 15.5 Å². The predicted octanol–water partition coefficient (Wildman–Crippen LogP) is 3.01. The van der Waals surface area contributed by atoms with E-state index in [1.54, 1.807) is 0 Å². The van der Waals surface area contributed by atoms with Gasteiger partial charge in [-0.25, -0.2) is 0 Å². The van der Waals surface area contributed by atoms with Crippen molar-refractivity contribution in [2.24, 2.45) is 0 Å². The standard InChI is InChI=1S/C28H37N3O4/c1-3-35-27(33)14-8-12-22-11-7-13-24(17-22)18-25(30-21(2)32)19-26-28(34)31(16-15-29-26)20-23-9-5-4-6-10-23/h4-7,9-11,13,17,25-26,29H,3,8,12,14-16,18-20H2,1-2H3,(H,30,32)/t25-,26-/m0/s1. The zero-order chi connectivity index (χ0) is 25.0. The SMILES string of the molecule is CCOC(=O)CCCc1cccc(C[C@@H](C[C@@H]2NCCN(Cc3ccccc3)C2=O)NC(C)=O)c1. The minimum atomic E-state index is -0.336. The molecule has 7 nitrogen and oxygen atoms in total. The predicted molar refractivity (Wildman–Crippen MR) is 136 cm³/mol. The van der Waals surface area contributed by atoms with Crippen molar-refractivity contribution in [3.8, 4) is 0 Å². The van der Waals surface area contributed by atoms with Crippen LogP contribution in [0.15, 0.2) is 54.6 Å². The van der Waals surface area contributed by atoms with Crippen molar-refractivity contribution < 1.29 is 19.1 Å². The fourth-order valence-electron chi connectivity index (χ4n) is 4.57. The molecule has 0 aromatic heterocycles. The fraction of sp³-hybridized carbons (Fsp3) is 0.464. The zero-order valence-electron chi connectivity index (χ0n) is 20.8. The van der Waals surface area contributed by atoms with Crippen LogP contribution in [0.2, 0.25) is 0 Å². The summed E-state index contributed by atoms with van der Waals surface area (Å²) in [4.78, 5) is 38.6. The normalized spacial score (nSPS) is 16.6. The Labute approximate surface area is 208 Å². The van der Waals surface area contributed by atoms with Crippen molar-refractivity contribution in [2.75, 3.05) is 19.7 Å². The molecule has 2 amide bonds. The number of hydrogen-bond donors (Lipinski definition) is 2. The quantitative estimate of drug-likeness (QED) is 0.457. The van der Waals surface area contributed by atoms with Gasteiger partial charge in [-0.15, -0.1) is 0 Å². The van der Waals surface area contributed by atoms with E-state index >= 15 is 0 Å². The molecule has 35 heavy (non-hydrogen) atoms. The maximum atomic E-state index is 13.2. The molecule has 2 N–H and O–H groups in total. The number of esters is 1. The molecule has 1 aliphatic rings. The van der Waals surface area contributed by atoms with E-state index in [0.29, 0.717) is 39.0 Å². The van der Waals surface area contributed by atoms with Crippen LogP contribution >= 0.6 is 0 Å². The molecule has 2 atom stereocenters. The van der Waals surface area contributed by atoms with Crippen LogP contribution in [0.3, 0.4) is 0 Å². The summed E-state index contributed by atoms with van der Waals surface area (Å²) in [5.74, 6) is -0.200. The lowest BCUT2D eigenvalue weighted by atomic mass is 9.95. The van der Waals surface area contributed by atoms with Crippen LogP contribution in [0.5, 0.6) is 0 Å². The average Bonchev–Trinajstić information content (AvgIpc) is 2.82. The highest BCUT2D eigenvalue weighted by atomic mass is 16.5. The smallest absolute Gasteiger partial charge is 0.305 e. The third kappa shape index (κ3) is 8.83. The average molecular weight is 480 g/mol. The number of benzene rings is 2. The van der Waals surface area contributed by atoms with Gasteiger partial charge in [-0.2, -0.15) is 0 Å². The van der Waals surface area contributed by atoms with E-state index in [2.05, 4.69) is 22.8 Å². The van der Waals surface area contributed by atoms with E-state index in [9.17, 15) is 14.4 Å². The number of aryl methyl sites for hydroxylation is 1. The molecule has 1 aliphatic heterocycles. The van der Waals surface area contributed by atoms with Gasteiger partial charge in [-0.3, -0.25) is 14.4 Å². The van der Waals surface area contributed by atoms with Gasteiger partial charge < -0.3 is 20.3 Å². The van der Waals surface area contributed by atoms with Crippen molar-refractivity contribution in [3.05, 3.63) is 71.3 Å². The Morgan fingerprint density at radius 1 is 1.11 bits per heavy atom. The molecule has 0 saturated carbocycles. The number of nitrogens with zero attached hydrogens (tertiary/aromatic N) is 1. The van der Waals surface area contributed by atoms with Gasteiger partial charge in [-0.05, 0) is 49.3 Å². The molecular weight excluding hydrogens is 442 g/mol. The summed E-state index contributed by atoms with van der Waals surface area (Å²) in [6.07, 6.45) is 3.08. The summed E-state index contributed by atoms with van der Waals surface area (Å²) in [6.45, 7) is 5.72. The topological polar surface area (TPSA) is 87.7 Å². The van der Waals surface area contributed by atoms with Crippen LogP contribution in [0, 0.1) is 0 Å². The molecule has 0 unspecified atom stereocenters. The summed E-state index contributed by atoms with van der Waals surface area (Å²) in [6, 6.07) is 17.7. The first-order chi connectivity index (χ1) is 16.9. The Kier molecular flexibility index (Phi) is 10.3. The van der Waals surface area contributed by atoms with Crippen molar-refractivity contribution >= 4 is 17.8 Å². The largest absolute Gasteiger partial charge is 0.466 e. The number of carbonyl (C=O) groups is 3. The molecule has 1 heterocycles. The highest BCUT2D eigenvalue weighted by Gasteiger charge is 2.30. The summed E-state index contributed by atoms with van der Waals surface area (Å²) in [5.41, 5.74) is 3.36. The summed E-state index contributed by atoms with van der Waals surface area (Å²) in [7, 11) is 0. The van der Waals surface area contributed by atoms with E-state index in [-0.39, 0.29) is 29.9 Å². The number of piperazine rings is 1. The molecule has 0 spiro atoms. The first-order valence-electron chi connectivity index (χ1n) is 12.5. The lowest BCUT2D eigenvalue weighted by molar-refractivity contribution is -0.143. The number of hydrogen-bond acceptors (Lipinski definition) is 5. The van der Waals surface area contributed by atoms with Crippen LogP contribution in [0.4, 0.5) is 0 Å². The molecular formula is C28H37N3O4. The van der Waals surface area contributed by atoms with Gasteiger partial charge in [0, 0.05) is 39.0 Å². The summed E-state index contributed by atoms with van der Waals surface area (Å²) >= 11 is 0. The minimum absolute atomic E-state index is 0.0724. The van der Waals surface area contributed by atoms with E-state index in [4.69, 9.17) is 4.74 Å². The van der Waals surface area contributed by atoms with Gasteiger partial charge in [-0.1, -0.05) is 54.6 Å². The molecule has 0 bridgehead atoms. The maximum absolute atomic E-state index is 13.2.